The van der Waals surface area contributed by atoms with E-state index < -0.39 is 0 Å². The van der Waals surface area contributed by atoms with Crippen molar-refractivity contribution in [2.24, 2.45) is 4.99 Å². The Labute approximate surface area is 177 Å². The highest BCUT2D eigenvalue weighted by molar-refractivity contribution is 14.0. The molecule has 0 unspecified atom stereocenters. The Morgan fingerprint density at radius 2 is 1.89 bits per heavy atom. The number of aliphatic imine (C=N–C) groups is 1. The highest BCUT2D eigenvalue weighted by atomic mass is 127. The van der Waals surface area contributed by atoms with E-state index in [1.165, 1.54) is 17.4 Å². The number of hydrogen-bond acceptors (Lipinski definition) is 3. The lowest BCUT2D eigenvalue weighted by molar-refractivity contribution is 0.0658. The molecule has 6 nitrogen and oxygen atoms in total. The number of halogens is 1. The number of rotatable bonds is 4. The van der Waals surface area contributed by atoms with Gasteiger partial charge in [-0.15, -0.1) is 24.0 Å². The number of carbonyl (C=O) groups excluding carboxylic acids is 1. The first kappa shape index (κ1) is 21.3. The maximum absolute atomic E-state index is 12.3. The summed E-state index contributed by atoms with van der Waals surface area (Å²) in [4.78, 5) is 20.7. The number of hydrogen-bond donors (Lipinski definition) is 1. The van der Waals surface area contributed by atoms with Gasteiger partial charge in [0.15, 0.2) is 11.7 Å². The standard InChI is InChI=1S/C20H26N4O2.HI/c1-16-5-3-6-17(15-16)8-9-22-20(21-2)24-12-10-23(11-13-24)19(25)18-7-4-14-26-18;/h3-7,14-15H,8-13H2,1-2H3,(H,21,22);1H. The Bertz CT molecular complexity index is 753. The molecule has 0 spiro atoms. The number of amides is 1. The van der Waals surface area contributed by atoms with Crippen molar-refractivity contribution in [1.29, 1.82) is 0 Å². The second-order valence-electron chi connectivity index (χ2n) is 6.47. The molecule has 1 aliphatic rings. The van der Waals surface area contributed by atoms with E-state index in [4.69, 9.17) is 4.42 Å². The summed E-state index contributed by atoms with van der Waals surface area (Å²) in [7, 11) is 1.80. The largest absolute Gasteiger partial charge is 0.459 e. The van der Waals surface area contributed by atoms with Gasteiger partial charge in [-0.3, -0.25) is 9.79 Å². The van der Waals surface area contributed by atoms with E-state index in [1.54, 1.807) is 19.2 Å². The van der Waals surface area contributed by atoms with Gasteiger partial charge in [-0.05, 0) is 31.0 Å². The Kier molecular flexibility index (Phi) is 8.15. The van der Waals surface area contributed by atoms with Gasteiger partial charge in [-0.25, -0.2) is 0 Å². The van der Waals surface area contributed by atoms with Crippen LogP contribution in [0.25, 0.3) is 0 Å². The van der Waals surface area contributed by atoms with Gasteiger partial charge < -0.3 is 19.5 Å². The molecule has 3 rings (SSSR count). The molecule has 0 saturated carbocycles. The minimum atomic E-state index is -0.0444. The molecule has 0 atom stereocenters. The highest BCUT2D eigenvalue weighted by Crippen LogP contribution is 2.10. The van der Waals surface area contributed by atoms with Crippen molar-refractivity contribution >= 4 is 35.8 Å². The molecule has 1 N–H and O–H groups in total. The van der Waals surface area contributed by atoms with Gasteiger partial charge in [0.2, 0.25) is 0 Å². The van der Waals surface area contributed by atoms with Gasteiger partial charge in [-0.2, -0.15) is 0 Å². The summed E-state index contributed by atoms with van der Waals surface area (Å²) < 4.78 is 5.21. The van der Waals surface area contributed by atoms with Crippen molar-refractivity contribution in [3.8, 4) is 0 Å². The maximum Gasteiger partial charge on any atom is 0.289 e. The molecule has 1 amide bonds. The zero-order chi connectivity index (χ0) is 18.4. The van der Waals surface area contributed by atoms with E-state index in [1.807, 2.05) is 4.90 Å². The molecule has 1 aromatic heterocycles. The van der Waals surface area contributed by atoms with Gasteiger partial charge in [0.05, 0.1) is 6.26 Å². The zero-order valence-electron chi connectivity index (χ0n) is 15.9. The van der Waals surface area contributed by atoms with Crippen molar-refractivity contribution in [1.82, 2.24) is 15.1 Å². The number of nitrogens with one attached hydrogen (secondary N) is 1. The molecular formula is C20H27IN4O2. The molecule has 1 aromatic carbocycles. The van der Waals surface area contributed by atoms with Crippen LogP contribution in [-0.4, -0.2) is 61.4 Å². The lowest BCUT2D eigenvalue weighted by atomic mass is 10.1. The molecule has 2 heterocycles. The second kappa shape index (κ2) is 10.3. The average Bonchev–Trinajstić information content (AvgIpc) is 3.20. The van der Waals surface area contributed by atoms with Crippen molar-refractivity contribution in [3.05, 3.63) is 59.5 Å². The molecule has 0 aliphatic carbocycles. The number of benzene rings is 1. The molecule has 1 fully saturated rings. The first-order valence-corrected chi connectivity index (χ1v) is 9.01. The fourth-order valence-electron chi connectivity index (χ4n) is 3.20. The number of nitrogens with zero attached hydrogens (tertiary/aromatic N) is 3. The minimum absolute atomic E-state index is 0. The Hall–Kier alpha value is -2.03. The third kappa shape index (κ3) is 5.72. The van der Waals surface area contributed by atoms with Crippen molar-refractivity contribution in [2.45, 2.75) is 13.3 Å². The highest BCUT2D eigenvalue weighted by Gasteiger charge is 2.24. The maximum atomic E-state index is 12.3. The summed E-state index contributed by atoms with van der Waals surface area (Å²) >= 11 is 0. The monoisotopic (exact) mass is 482 g/mol. The molecule has 2 aromatic rings. The predicted octanol–water partition coefficient (Wildman–Crippen LogP) is 2.78. The normalized spacial score (nSPS) is 14.7. The first-order chi connectivity index (χ1) is 12.7. The first-order valence-electron chi connectivity index (χ1n) is 9.01. The van der Waals surface area contributed by atoms with E-state index in [9.17, 15) is 4.79 Å². The zero-order valence-corrected chi connectivity index (χ0v) is 18.2. The van der Waals surface area contributed by atoms with Gasteiger partial charge in [0.1, 0.15) is 0 Å². The second-order valence-corrected chi connectivity index (χ2v) is 6.47. The van der Waals surface area contributed by atoms with Crippen LogP contribution in [0.2, 0.25) is 0 Å². The molecule has 27 heavy (non-hydrogen) atoms. The van der Waals surface area contributed by atoms with Crippen LogP contribution in [0.15, 0.2) is 52.1 Å². The quantitative estimate of drug-likeness (QED) is 0.414. The number of guanidine groups is 1. The van der Waals surface area contributed by atoms with Crippen LogP contribution in [0.3, 0.4) is 0 Å². The van der Waals surface area contributed by atoms with E-state index >= 15 is 0 Å². The number of aryl methyl sites for hydroxylation is 1. The van der Waals surface area contributed by atoms with Gasteiger partial charge in [0.25, 0.3) is 5.91 Å². The number of carbonyl (C=O) groups is 1. The van der Waals surface area contributed by atoms with Gasteiger partial charge in [-0.1, -0.05) is 29.8 Å². The van der Waals surface area contributed by atoms with Crippen molar-refractivity contribution in [3.63, 3.8) is 0 Å². The third-order valence-electron chi connectivity index (χ3n) is 4.59. The van der Waals surface area contributed by atoms with Crippen molar-refractivity contribution < 1.29 is 9.21 Å². The summed E-state index contributed by atoms with van der Waals surface area (Å²) in [6.07, 6.45) is 2.49. The topological polar surface area (TPSA) is 61.1 Å². The van der Waals surface area contributed by atoms with E-state index in [2.05, 4.69) is 46.4 Å². The Morgan fingerprint density at radius 1 is 1.15 bits per heavy atom. The molecule has 146 valence electrons. The number of furan rings is 1. The fourth-order valence-corrected chi connectivity index (χ4v) is 3.20. The van der Waals surface area contributed by atoms with Crippen LogP contribution in [0.4, 0.5) is 0 Å². The molecule has 7 heteroatoms. The minimum Gasteiger partial charge on any atom is -0.459 e. The van der Waals surface area contributed by atoms with Gasteiger partial charge in [0, 0.05) is 39.8 Å². The molecule has 1 saturated heterocycles. The van der Waals surface area contributed by atoms with Crippen LogP contribution in [-0.2, 0) is 6.42 Å². The predicted molar refractivity (Wildman–Crippen MR) is 118 cm³/mol. The third-order valence-corrected chi connectivity index (χ3v) is 4.59. The molecule has 1 aliphatic heterocycles. The van der Waals surface area contributed by atoms with Gasteiger partial charge >= 0.3 is 0 Å². The molecule has 0 bridgehead atoms. The van der Waals surface area contributed by atoms with Crippen molar-refractivity contribution in [2.75, 3.05) is 39.8 Å². The summed E-state index contributed by atoms with van der Waals surface area (Å²) in [5.74, 6) is 1.25. The Balaban J connectivity index is 0.00000261. The number of piperazine rings is 1. The van der Waals surface area contributed by atoms with E-state index in [0.29, 0.717) is 18.8 Å². The van der Waals surface area contributed by atoms with Crippen LogP contribution in [0.1, 0.15) is 21.7 Å². The summed E-state index contributed by atoms with van der Waals surface area (Å²) in [5.41, 5.74) is 2.60. The summed E-state index contributed by atoms with van der Waals surface area (Å²) in [6, 6.07) is 12.0. The van der Waals surface area contributed by atoms with E-state index in [0.717, 1.165) is 32.0 Å². The van der Waals surface area contributed by atoms with Crippen LogP contribution < -0.4 is 5.32 Å². The summed E-state index contributed by atoms with van der Waals surface area (Å²) in [5, 5.41) is 3.43. The summed E-state index contributed by atoms with van der Waals surface area (Å²) in [6.45, 7) is 5.80. The lowest BCUT2D eigenvalue weighted by Gasteiger charge is -2.36. The fraction of sp³-hybridized carbons (Fsp3) is 0.400. The SMILES string of the molecule is CN=C(NCCc1cccc(C)c1)N1CCN(C(=O)c2ccco2)CC1.I. The average molecular weight is 482 g/mol. The van der Waals surface area contributed by atoms with Crippen LogP contribution in [0, 0.1) is 6.92 Å². The molecular weight excluding hydrogens is 455 g/mol. The molecule has 0 radical (unpaired) electrons. The Morgan fingerprint density at radius 3 is 2.52 bits per heavy atom. The lowest BCUT2D eigenvalue weighted by Crippen LogP contribution is -2.54. The van der Waals surface area contributed by atoms with Crippen LogP contribution >= 0.6 is 24.0 Å². The smallest absolute Gasteiger partial charge is 0.289 e. The van der Waals surface area contributed by atoms with E-state index in [-0.39, 0.29) is 29.9 Å². The van der Waals surface area contributed by atoms with Crippen LogP contribution in [0.5, 0.6) is 0 Å².